The molecule has 0 unspecified atom stereocenters. The van der Waals surface area contributed by atoms with E-state index in [9.17, 15) is 10.1 Å². The van der Waals surface area contributed by atoms with E-state index >= 15 is 0 Å². The first-order chi connectivity index (χ1) is 15.0. The number of rotatable bonds is 5. The fraction of sp³-hybridized carbons (Fsp3) is 0.273. The second-order valence-electron chi connectivity index (χ2n) is 7.35. The third kappa shape index (κ3) is 4.48. The lowest BCUT2D eigenvalue weighted by atomic mass is 10.1. The quantitative estimate of drug-likeness (QED) is 0.446. The van der Waals surface area contributed by atoms with Gasteiger partial charge in [-0.1, -0.05) is 22.9 Å². The molecule has 0 saturated carbocycles. The summed E-state index contributed by atoms with van der Waals surface area (Å²) in [5, 5.41) is 22.3. The molecule has 0 aliphatic carbocycles. The van der Waals surface area contributed by atoms with Crippen molar-refractivity contribution < 1.29 is 4.79 Å². The molecule has 158 valence electrons. The molecule has 2 aromatic heterocycles. The van der Waals surface area contributed by atoms with Gasteiger partial charge >= 0.3 is 0 Å². The Hall–Kier alpha value is -3.15. The normalized spacial score (nSPS) is 14.0. The Bertz CT molecular complexity index is 1180. The fourth-order valence-corrected chi connectivity index (χ4v) is 4.61. The number of hydrogen-bond donors (Lipinski definition) is 1. The fourth-order valence-electron chi connectivity index (χ4n) is 3.69. The second kappa shape index (κ2) is 8.92. The third-order valence-corrected chi connectivity index (χ3v) is 6.38. The van der Waals surface area contributed by atoms with Gasteiger partial charge in [-0.05, 0) is 68.7 Å². The Balaban J connectivity index is 1.55. The summed E-state index contributed by atoms with van der Waals surface area (Å²) >= 11 is 7.32. The molecule has 1 aromatic carbocycles. The highest BCUT2D eigenvalue weighted by molar-refractivity contribution is 7.19. The maximum atomic E-state index is 12.7. The zero-order valence-electron chi connectivity index (χ0n) is 17.2. The molecule has 1 saturated heterocycles. The first-order valence-corrected chi connectivity index (χ1v) is 11.1. The van der Waals surface area contributed by atoms with Gasteiger partial charge in [-0.2, -0.15) is 5.26 Å². The van der Waals surface area contributed by atoms with Crippen LogP contribution < -0.4 is 10.2 Å². The zero-order valence-corrected chi connectivity index (χ0v) is 18.8. The van der Waals surface area contributed by atoms with E-state index < -0.39 is 5.91 Å². The molecular weight excluding hydrogens is 432 g/mol. The molecule has 0 atom stereocenters. The summed E-state index contributed by atoms with van der Waals surface area (Å²) in [6.07, 6.45) is 3.88. The van der Waals surface area contributed by atoms with Crippen LogP contribution in [0, 0.1) is 25.2 Å². The maximum absolute atomic E-state index is 12.7. The van der Waals surface area contributed by atoms with E-state index in [0.717, 1.165) is 53.7 Å². The van der Waals surface area contributed by atoms with Crippen molar-refractivity contribution in [3.05, 3.63) is 57.9 Å². The van der Waals surface area contributed by atoms with Crippen LogP contribution in [0.15, 0.2) is 35.9 Å². The minimum atomic E-state index is -0.497. The van der Waals surface area contributed by atoms with Crippen LogP contribution in [-0.4, -0.2) is 33.8 Å². The summed E-state index contributed by atoms with van der Waals surface area (Å²) in [5.41, 5.74) is 3.68. The molecule has 31 heavy (non-hydrogen) atoms. The van der Waals surface area contributed by atoms with Crippen molar-refractivity contribution in [1.82, 2.24) is 14.8 Å². The Morgan fingerprint density at radius 1 is 1.23 bits per heavy atom. The van der Waals surface area contributed by atoms with Gasteiger partial charge in [0.25, 0.3) is 5.91 Å². The van der Waals surface area contributed by atoms with E-state index in [0.29, 0.717) is 10.2 Å². The van der Waals surface area contributed by atoms with Crippen LogP contribution in [0.3, 0.4) is 0 Å². The number of aromatic nitrogens is 3. The maximum Gasteiger partial charge on any atom is 0.268 e. The Labute approximate surface area is 189 Å². The highest BCUT2D eigenvalue weighted by atomic mass is 35.5. The monoisotopic (exact) mass is 452 g/mol. The molecule has 1 aliphatic rings. The van der Waals surface area contributed by atoms with E-state index in [1.54, 1.807) is 6.08 Å². The van der Waals surface area contributed by atoms with E-state index in [4.69, 9.17) is 11.6 Å². The molecule has 3 heterocycles. The van der Waals surface area contributed by atoms with Crippen molar-refractivity contribution in [3.63, 3.8) is 0 Å². The molecule has 4 rings (SSSR count). The van der Waals surface area contributed by atoms with Crippen LogP contribution in [0.4, 0.5) is 10.3 Å². The second-order valence-corrected chi connectivity index (χ2v) is 8.74. The number of halogens is 1. The van der Waals surface area contributed by atoms with Crippen LogP contribution in [-0.2, 0) is 4.79 Å². The standard InChI is InChI=1S/C22H21ClN6OS/c1-14-11-16(15(2)29(14)19-7-5-18(23)6-8-19)12-17(13-24)20(30)25-21-26-27-22(31-21)28-9-3-4-10-28/h5-8,11-12H,3-4,9-10H2,1-2H3,(H,25,26,30)/b17-12-. The molecule has 1 N–H and O–H groups in total. The first kappa shape index (κ1) is 21.1. The van der Waals surface area contributed by atoms with Gasteiger partial charge in [0, 0.05) is 35.2 Å². The topological polar surface area (TPSA) is 86.8 Å². The molecule has 0 bridgehead atoms. The number of aryl methyl sites for hydroxylation is 1. The van der Waals surface area contributed by atoms with Gasteiger partial charge in [0.2, 0.25) is 10.3 Å². The Kier molecular flexibility index (Phi) is 6.07. The van der Waals surface area contributed by atoms with Gasteiger partial charge in [-0.3, -0.25) is 10.1 Å². The van der Waals surface area contributed by atoms with Crippen LogP contribution >= 0.6 is 22.9 Å². The molecule has 1 amide bonds. The highest BCUT2D eigenvalue weighted by Crippen LogP contribution is 2.28. The van der Waals surface area contributed by atoms with Crippen LogP contribution in [0.5, 0.6) is 0 Å². The van der Waals surface area contributed by atoms with Crippen molar-refractivity contribution in [1.29, 1.82) is 5.26 Å². The molecule has 1 aliphatic heterocycles. The van der Waals surface area contributed by atoms with Gasteiger partial charge in [0.05, 0.1) is 0 Å². The molecule has 1 fully saturated rings. The van der Waals surface area contributed by atoms with Gasteiger partial charge in [0.1, 0.15) is 11.6 Å². The number of anilines is 2. The Morgan fingerprint density at radius 3 is 2.61 bits per heavy atom. The van der Waals surface area contributed by atoms with Gasteiger partial charge in [0.15, 0.2) is 0 Å². The number of nitrogens with one attached hydrogen (secondary N) is 1. The molecule has 9 heteroatoms. The van der Waals surface area contributed by atoms with Gasteiger partial charge in [-0.15, -0.1) is 10.2 Å². The number of benzene rings is 1. The number of nitrogens with zero attached hydrogens (tertiary/aromatic N) is 5. The third-order valence-electron chi connectivity index (χ3n) is 5.23. The SMILES string of the molecule is Cc1cc(/C=C(/C#N)C(=O)Nc2nnc(N3CCCC3)s2)c(C)n1-c1ccc(Cl)cc1. The van der Waals surface area contributed by atoms with Crippen LogP contribution in [0.25, 0.3) is 11.8 Å². The number of nitriles is 1. The largest absolute Gasteiger partial charge is 0.347 e. The van der Waals surface area contributed by atoms with Crippen LogP contribution in [0.2, 0.25) is 5.02 Å². The lowest BCUT2D eigenvalue weighted by molar-refractivity contribution is -0.112. The van der Waals surface area contributed by atoms with Crippen molar-refractivity contribution in [2.45, 2.75) is 26.7 Å². The zero-order chi connectivity index (χ0) is 22.0. The van der Waals surface area contributed by atoms with Crippen molar-refractivity contribution in [2.75, 3.05) is 23.3 Å². The number of hydrogen-bond acceptors (Lipinski definition) is 6. The summed E-state index contributed by atoms with van der Waals surface area (Å²) in [6, 6.07) is 11.5. The summed E-state index contributed by atoms with van der Waals surface area (Å²) in [7, 11) is 0. The molecule has 3 aromatic rings. The van der Waals surface area contributed by atoms with Gasteiger partial charge < -0.3 is 9.47 Å². The molecular formula is C22H21ClN6OS. The van der Waals surface area contributed by atoms with Crippen LogP contribution in [0.1, 0.15) is 29.8 Å². The predicted octanol–water partition coefficient (Wildman–Crippen LogP) is 4.74. The summed E-state index contributed by atoms with van der Waals surface area (Å²) in [5.74, 6) is -0.497. The lowest BCUT2D eigenvalue weighted by Crippen LogP contribution is -2.17. The van der Waals surface area contributed by atoms with E-state index in [2.05, 4.69) is 25.0 Å². The average Bonchev–Trinajstić information content (AvgIpc) is 3.48. The Morgan fingerprint density at radius 2 is 1.94 bits per heavy atom. The van der Waals surface area contributed by atoms with Gasteiger partial charge in [-0.25, -0.2) is 0 Å². The summed E-state index contributed by atoms with van der Waals surface area (Å²) in [6.45, 7) is 5.84. The van der Waals surface area contributed by atoms with E-state index in [-0.39, 0.29) is 5.57 Å². The van der Waals surface area contributed by atoms with E-state index in [1.165, 1.54) is 11.3 Å². The van der Waals surface area contributed by atoms with Crippen molar-refractivity contribution >= 4 is 45.2 Å². The number of carbonyl (C=O) groups excluding carboxylic acids is 1. The minimum Gasteiger partial charge on any atom is -0.347 e. The smallest absolute Gasteiger partial charge is 0.268 e. The summed E-state index contributed by atoms with van der Waals surface area (Å²) < 4.78 is 2.06. The predicted molar refractivity (Wildman–Crippen MR) is 124 cm³/mol. The van der Waals surface area contributed by atoms with E-state index in [1.807, 2.05) is 50.2 Å². The summed E-state index contributed by atoms with van der Waals surface area (Å²) in [4.78, 5) is 14.8. The lowest BCUT2D eigenvalue weighted by Gasteiger charge is -2.10. The minimum absolute atomic E-state index is 0.00859. The molecule has 0 spiro atoms. The number of amides is 1. The molecule has 7 nitrogen and oxygen atoms in total. The number of carbonyl (C=O) groups is 1. The van der Waals surface area contributed by atoms with Crippen molar-refractivity contribution in [3.8, 4) is 11.8 Å². The molecule has 0 radical (unpaired) electrons. The first-order valence-electron chi connectivity index (χ1n) is 9.93. The highest BCUT2D eigenvalue weighted by Gasteiger charge is 2.19. The van der Waals surface area contributed by atoms with Crippen molar-refractivity contribution in [2.24, 2.45) is 0 Å². The average molecular weight is 453 g/mol.